The van der Waals surface area contributed by atoms with Crippen molar-refractivity contribution < 1.29 is 26.9 Å². The summed E-state index contributed by atoms with van der Waals surface area (Å²) in [4.78, 5) is 11.0. The number of ether oxygens (including phenoxy) is 1. The van der Waals surface area contributed by atoms with Crippen molar-refractivity contribution in [1.29, 1.82) is 0 Å². The van der Waals surface area contributed by atoms with Crippen LogP contribution in [0.2, 0.25) is 0 Å². The van der Waals surface area contributed by atoms with Crippen LogP contribution in [-0.2, 0) is 14.9 Å². The van der Waals surface area contributed by atoms with Crippen molar-refractivity contribution >= 4 is 52.0 Å². The van der Waals surface area contributed by atoms with E-state index in [1.54, 1.807) is 0 Å². The van der Waals surface area contributed by atoms with Gasteiger partial charge in [-0.15, -0.1) is 0 Å². The summed E-state index contributed by atoms with van der Waals surface area (Å²) in [6.45, 7) is 0.575. The van der Waals surface area contributed by atoms with E-state index in [0.29, 0.717) is 6.54 Å². The molecule has 1 aliphatic heterocycles. The Morgan fingerprint density at radius 2 is 2.17 bits per heavy atom. The van der Waals surface area contributed by atoms with E-state index in [-0.39, 0.29) is 41.9 Å². The first kappa shape index (κ1) is 15.2. The van der Waals surface area contributed by atoms with Crippen molar-refractivity contribution in [2.45, 2.75) is 5.09 Å². The topological polar surface area (TPSA) is 109 Å². The summed E-state index contributed by atoms with van der Waals surface area (Å²) in [6.07, 6.45) is 0.573. The van der Waals surface area contributed by atoms with Gasteiger partial charge in [-0.2, -0.15) is 18.5 Å². The second kappa shape index (κ2) is 5.85. The number of hydrogen-bond acceptors (Lipinski definition) is 6. The van der Waals surface area contributed by atoms with Gasteiger partial charge in [0.15, 0.2) is 0 Å². The normalized spacial score (nSPS) is 15.8. The molecule has 1 saturated heterocycles. The maximum atomic E-state index is 11.0. The number of rotatable bonds is 3. The zero-order chi connectivity index (χ0) is 12.5. The summed E-state index contributed by atoms with van der Waals surface area (Å²) in [6, 6.07) is 2.38. The van der Waals surface area contributed by atoms with Crippen molar-refractivity contribution in [2.24, 2.45) is 5.10 Å². The fraction of sp³-hybridized carbons (Fsp3) is 0.250. The van der Waals surface area contributed by atoms with E-state index in [4.69, 9.17) is 8.97 Å². The van der Waals surface area contributed by atoms with Crippen LogP contribution in [-0.4, -0.2) is 73.0 Å². The Bertz CT molecular complexity index is 566. The minimum absolute atomic E-state index is 0. The van der Waals surface area contributed by atoms with Gasteiger partial charge in [0.05, 0.1) is 12.8 Å². The Morgan fingerprint density at radius 1 is 1.44 bits per heavy atom. The van der Waals surface area contributed by atoms with Gasteiger partial charge in [-0.25, -0.2) is 4.79 Å². The van der Waals surface area contributed by atoms with Gasteiger partial charge in [-0.05, 0) is 12.1 Å². The van der Waals surface area contributed by atoms with Gasteiger partial charge in [0, 0.05) is 29.6 Å². The predicted molar refractivity (Wildman–Crippen MR) is 59.9 cm³/mol. The van der Waals surface area contributed by atoms with E-state index >= 15 is 0 Å². The second-order valence-corrected chi connectivity index (χ2v) is 4.47. The van der Waals surface area contributed by atoms with E-state index < -0.39 is 21.3 Å². The van der Waals surface area contributed by atoms with E-state index in [9.17, 15) is 13.2 Å². The summed E-state index contributed by atoms with van der Waals surface area (Å²) in [5.41, 5.74) is 0. The molecule has 0 aliphatic carbocycles. The number of cyclic esters (lactones) is 1. The molecule has 1 N–H and O–H groups in total. The SMILES string of the molecule is O=C1OCCN1N=Cc1ccc(S(=O)(=O)O)o1.[Na]. The van der Waals surface area contributed by atoms with Crippen LogP contribution >= 0.6 is 0 Å². The molecule has 1 aromatic rings. The molecular formula is C8H8N2NaO6S. The van der Waals surface area contributed by atoms with Crippen LogP contribution in [0.4, 0.5) is 4.79 Å². The Balaban J connectivity index is 0.00000162. The molecule has 1 aliphatic rings. The summed E-state index contributed by atoms with van der Waals surface area (Å²) in [7, 11) is -4.36. The van der Waals surface area contributed by atoms with Gasteiger partial charge in [0.2, 0.25) is 5.09 Å². The monoisotopic (exact) mass is 283 g/mol. The summed E-state index contributed by atoms with van der Waals surface area (Å²) >= 11 is 0. The maximum Gasteiger partial charge on any atom is 0.430 e. The van der Waals surface area contributed by atoms with Crippen molar-refractivity contribution in [2.75, 3.05) is 13.2 Å². The number of hydrazone groups is 1. The molecule has 0 spiro atoms. The molecule has 2 rings (SSSR count). The number of carbonyl (C=O) groups excluding carboxylic acids is 1. The molecule has 10 heteroatoms. The molecule has 1 radical (unpaired) electrons. The smallest absolute Gasteiger partial charge is 0.430 e. The zero-order valence-corrected chi connectivity index (χ0v) is 12.3. The Hall–Kier alpha value is -0.870. The van der Waals surface area contributed by atoms with E-state index in [2.05, 4.69) is 9.84 Å². The molecule has 1 fully saturated rings. The van der Waals surface area contributed by atoms with Crippen molar-refractivity contribution in [3.05, 3.63) is 17.9 Å². The van der Waals surface area contributed by atoms with E-state index in [0.717, 1.165) is 17.3 Å². The van der Waals surface area contributed by atoms with Crippen molar-refractivity contribution in [3.63, 3.8) is 0 Å². The van der Waals surface area contributed by atoms with Crippen molar-refractivity contribution in [3.8, 4) is 0 Å². The van der Waals surface area contributed by atoms with E-state index in [1.807, 2.05) is 0 Å². The molecule has 93 valence electrons. The first-order valence-electron chi connectivity index (χ1n) is 4.52. The van der Waals surface area contributed by atoms with Crippen LogP contribution in [0.15, 0.2) is 26.7 Å². The molecule has 0 saturated carbocycles. The zero-order valence-electron chi connectivity index (χ0n) is 9.44. The largest absolute Gasteiger partial charge is 0.446 e. The Labute approximate surface area is 125 Å². The van der Waals surface area contributed by atoms with Gasteiger partial charge in [0.1, 0.15) is 12.4 Å². The van der Waals surface area contributed by atoms with Gasteiger partial charge < -0.3 is 9.15 Å². The standard InChI is InChI=1S/C8H8N2O6S.Na/c11-8-10(3-4-15-8)9-5-6-1-2-7(16-6)17(12,13)14;/h1-2,5H,3-4H2,(H,12,13,14);. The Kier molecular flexibility index (Phi) is 4.93. The molecule has 0 bridgehead atoms. The molecule has 0 aromatic carbocycles. The van der Waals surface area contributed by atoms with Crippen LogP contribution in [0.1, 0.15) is 5.76 Å². The molecule has 18 heavy (non-hydrogen) atoms. The fourth-order valence-corrected chi connectivity index (χ4v) is 1.60. The van der Waals surface area contributed by atoms with Crippen LogP contribution in [0.25, 0.3) is 0 Å². The van der Waals surface area contributed by atoms with Crippen LogP contribution in [0, 0.1) is 0 Å². The first-order chi connectivity index (χ1) is 7.97. The Morgan fingerprint density at radius 3 is 2.67 bits per heavy atom. The predicted octanol–water partition coefficient (Wildman–Crippen LogP) is -0.0684. The number of nitrogens with zero attached hydrogens (tertiary/aromatic N) is 2. The third-order valence-electron chi connectivity index (χ3n) is 1.92. The fourth-order valence-electron chi connectivity index (χ4n) is 1.16. The van der Waals surface area contributed by atoms with Crippen LogP contribution in [0.3, 0.4) is 0 Å². The van der Waals surface area contributed by atoms with E-state index in [1.165, 1.54) is 6.07 Å². The quantitative estimate of drug-likeness (QED) is 0.472. The molecule has 1 amide bonds. The third kappa shape index (κ3) is 3.56. The number of furan rings is 1. The summed E-state index contributed by atoms with van der Waals surface area (Å²) < 4.78 is 39.5. The molecule has 2 heterocycles. The third-order valence-corrected chi connectivity index (χ3v) is 2.65. The van der Waals surface area contributed by atoms with Crippen LogP contribution < -0.4 is 0 Å². The minimum atomic E-state index is -4.36. The van der Waals surface area contributed by atoms with Gasteiger partial charge in [-0.3, -0.25) is 4.55 Å². The first-order valence-corrected chi connectivity index (χ1v) is 5.96. The number of amides is 1. The molecule has 0 atom stereocenters. The van der Waals surface area contributed by atoms with Gasteiger partial charge >= 0.3 is 16.2 Å². The van der Waals surface area contributed by atoms with Crippen LogP contribution in [0.5, 0.6) is 0 Å². The number of carbonyl (C=O) groups is 1. The average molecular weight is 283 g/mol. The second-order valence-electron chi connectivity index (χ2n) is 3.11. The molecular weight excluding hydrogens is 275 g/mol. The molecule has 8 nitrogen and oxygen atoms in total. The van der Waals surface area contributed by atoms with Crippen molar-refractivity contribution in [1.82, 2.24) is 5.01 Å². The summed E-state index contributed by atoms with van der Waals surface area (Å²) in [5.74, 6) is 0.0947. The van der Waals surface area contributed by atoms with Gasteiger partial charge in [0.25, 0.3) is 0 Å². The minimum Gasteiger partial charge on any atom is -0.446 e. The maximum absolute atomic E-state index is 11.0. The summed E-state index contributed by atoms with van der Waals surface area (Å²) in [5, 5.41) is 4.22. The molecule has 1 aromatic heterocycles. The van der Waals surface area contributed by atoms with Gasteiger partial charge in [-0.1, -0.05) is 0 Å². The average Bonchev–Trinajstić information content (AvgIpc) is 2.82. The molecule has 0 unspecified atom stereocenters. The number of hydrogen-bond donors (Lipinski definition) is 1.